The van der Waals surface area contributed by atoms with Gasteiger partial charge in [0.1, 0.15) is 5.75 Å². The van der Waals surface area contributed by atoms with Crippen molar-refractivity contribution in [1.29, 1.82) is 0 Å². The summed E-state index contributed by atoms with van der Waals surface area (Å²) in [6.07, 6.45) is 5.64. The molecule has 0 aliphatic heterocycles. The van der Waals surface area contributed by atoms with Crippen LogP contribution in [0.1, 0.15) is 5.69 Å². The van der Waals surface area contributed by atoms with Crippen LogP contribution in [0.2, 0.25) is 0 Å². The number of para-hydroxylation sites is 1. The standard InChI is InChI=1S/C19H16N4O/c1-13-11-23(12-21-13)15-7-8-17-14(9-15)10-20-19(22-17)16-5-3-4-6-18(16)24-2/h3-12H,1-2H3. The van der Waals surface area contributed by atoms with E-state index in [0.717, 1.165) is 33.6 Å². The molecule has 2 aromatic carbocycles. The van der Waals surface area contributed by atoms with Crippen molar-refractivity contribution in [1.82, 2.24) is 19.5 Å². The van der Waals surface area contributed by atoms with E-state index in [4.69, 9.17) is 4.74 Å². The Balaban J connectivity index is 1.79. The summed E-state index contributed by atoms with van der Waals surface area (Å²) in [7, 11) is 1.65. The first-order chi connectivity index (χ1) is 11.7. The van der Waals surface area contributed by atoms with Crippen LogP contribution in [-0.4, -0.2) is 26.6 Å². The summed E-state index contributed by atoms with van der Waals surface area (Å²) < 4.78 is 7.39. The highest BCUT2D eigenvalue weighted by Gasteiger charge is 2.09. The summed E-state index contributed by atoms with van der Waals surface area (Å²) >= 11 is 0. The smallest absolute Gasteiger partial charge is 0.163 e. The van der Waals surface area contributed by atoms with Gasteiger partial charge >= 0.3 is 0 Å². The second-order valence-electron chi connectivity index (χ2n) is 5.56. The summed E-state index contributed by atoms with van der Waals surface area (Å²) in [5.74, 6) is 1.42. The molecule has 0 aliphatic rings. The fraction of sp³-hybridized carbons (Fsp3) is 0.105. The zero-order chi connectivity index (χ0) is 16.5. The second kappa shape index (κ2) is 5.77. The predicted octanol–water partition coefficient (Wildman–Crippen LogP) is 3.80. The lowest BCUT2D eigenvalue weighted by Gasteiger charge is -2.08. The van der Waals surface area contributed by atoms with Crippen molar-refractivity contribution < 1.29 is 4.74 Å². The van der Waals surface area contributed by atoms with Gasteiger partial charge in [0.05, 0.1) is 30.2 Å². The fourth-order valence-corrected chi connectivity index (χ4v) is 2.70. The highest BCUT2D eigenvalue weighted by atomic mass is 16.5. The number of hydrogen-bond donors (Lipinski definition) is 0. The summed E-state index contributed by atoms with van der Waals surface area (Å²) in [4.78, 5) is 13.5. The molecule has 0 fully saturated rings. The summed E-state index contributed by atoms with van der Waals surface area (Å²) in [6.45, 7) is 1.97. The van der Waals surface area contributed by atoms with Gasteiger partial charge in [-0.2, -0.15) is 0 Å². The molecule has 0 amide bonds. The maximum absolute atomic E-state index is 5.40. The Morgan fingerprint density at radius 1 is 1.04 bits per heavy atom. The number of fused-ring (bicyclic) bond motifs is 1. The largest absolute Gasteiger partial charge is 0.496 e. The highest BCUT2D eigenvalue weighted by Crippen LogP contribution is 2.28. The lowest BCUT2D eigenvalue weighted by Crippen LogP contribution is -1.95. The third kappa shape index (κ3) is 2.50. The van der Waals surface area contributed by atoms with Crippen LogP contribution in [0, 0.1) is 6.92 Å². The zero-order valence-corrected chi connectivity index (χ0v) is 13.5. The molecule has 5 heteroatoms. The van der Waals surface area contributed by atoms with E-state index >= 15 is 0 Å². The lowest BCUT2D eigenvalue weighted by molar-refractivity contribution is 0.416. The van der Waals surface area contributed by atoms with E-state index in [1.807, 2.05) is 60.3 Å². The monoisotopic (exact) mass is 316 g/mol. The number of ether oxygens (including phenoxy) is 1. The Morgan fingerprint density at radius 2 is 1.92 bits per heavy atom. The Morgan fingerprint density at radius 3 is 2.71 bits per heavy atom. The van der Waals surface area contributed by atoms with Crippen LogP contribution in [0.25, 0.3) is 28.0 Å². The number of benzene rings is 2. The van der Waals surface area contributed by atoms with E-state index in [2.05, 4.69) is 21.0 Å². The molecule has 0 atom stereocenters. The van der Waals surface area contributed by atoms with Crippen LogP contribution in [0.5, 0.6) is 5.75 Å². The van der Waals surface area contributed by atoms with E-state index in [1.165, 1.54) is 0 Å². The first-order valence-corrected chi connectivity index (χ1v) is 7.66. The van der Waals surface area contributed by atoms with E-state index in [-0.39, 0.29) is 0 Å². The average Bonchev–Trinajstić information content (AvgIpc) is 3.07. The highest BCUT2D eigenvalue weighted by molar-refractivity contribution is 5.82. The molecule has 0 spiro atoms. The van der Waals surface area contributed by atoms with Gasteiger partial charge in [0.15, 0.2) is 5.82 Å². The van der Waals surface area contributed by atoms with E-state index in [1.54, 1.807) is 13.4 Å². The molecule has 0 N–H and O–H groups in total. The molecule has 0 radical (unpaired) electrons. The fourth-order valence-electron chi connectivity index (χ4n) is 2.70. The summed E-state index contributed by atoms with van der Waals surface area (Å²) in [5, 5.41) is 0.984. The Hall–Kier alpha value is -3.21. The molecule has 0 aliphatic carbocycles. The quantitative estimate of drug-likeness (QED) is 0.577. The zero-order valence-electron chi connectivity index (χ0n) is 13.5. The van der Waals surface area contributed by atoms with Gasteiger partial charge in [-0.1, -0.05) is 12.1 Å². The number of methoxy groups -OCH3 is 1. The van der Waals surface area contributed by atoms with Gasteiger partial charge in [-0.15, -0.1) is 0 Å². The molecule has 0 saturated carbocycles. The molecule has 4 aromatic rings. The number of aromatic nitrogens is 4. The Bertz CT molecular complexity index is 1020. The number of rotatable bonds is 3. The van der Waals surface area contributed by atoms with Crippen molar-refractivity contribution in [3.63, 3.8) is 0 Å². The molecule has 118 valence electrons. The average molecular weight is 316 g/mol. The maximum atomic E-state index is 5.40. The van der Waals surface area contributed by atoms with Crippen LogP contribution in [0.15, 0.2) is 61.2 Å². The van der Waals surface area contributed by atoms with Gasteiger partial charge in [-0.3, -0.25) is 0 Å². The van der Waals surface area contributed by atoms with Gasteiger partial charge in [0.25, 0.3) is 0 Å². The summed E-state index contributed by atoms with van der Waals surface area (Å²) in [5.41, 5.74) is 3.80. The third-order valence-corrected chi connectivity index (χ3v) is 3.92. The minimum absolute atomic E-state index is 0.658. The molecule has 5 nitrogen and oxygen atoms in total. The van der Waals surface area contributed by atoms with Crippen LogP contribution < -0.4 is 4.74 Å². The number of imidazole rings is 1. The van der Waals surface area contributed by atoms with Crippen molar-refractivity contribution in [2.45, 2.75) is 6.92 Å². The lowest BCUT2D eigenvalue weighted by atomic mass is 10.1. The molecular weight excluding hydrogens is 300 g/mol. The Labute approximate surface area is 139 Å². The van der Waals surface area contributed by atoms with Crippen LogP contribution in [-0.2, 0) is 0 Å². The molecule has 0 saturated heterocycles. The van der Waals surface area contributed by atoms with Gasteiger partial charge in [-0.05, 0) is 37.3 Å². The number of aryl methyl sites for hydroxylation is 1. The van der Waals surface area contributed by atoms with Crippen molar-refractivity contribution in [2.75, 3.05) is 7.11 Å². The third-order valence-electron chi connectivity index (χ3n) is 3.92. The normalized spacial score (nSPS) is 10.9. The van der Waals surface area contributed by atoms with Crippen molar-refractivity contribution in [2.24, 2.45) is 0 Å². The van der Waals surface area contributed by atoms with E-state index in [9.17, 15) is 0 Å². The topological polar surface area (TPSA) is 52.8 Å². The molecule has 4 rings (SSSR count). The van der Waals surface area contributed by atoms with E-state index in [0.29, 0.717) is 5.82 Å². The second-order valence-corrected chi connectivity index (χ2v) is 5.56. The van der Waals surface area contributed by atoms with E-state index < -0.39 is 0 Å². The molecule has 0 bridgehead atoms. The summed E-state index contributed by atoms with van der Waals surface area (Å²) in [6, 6.07) is 13.8. The molecule has 2 aromatic heterocycles. The van der Waals surface area contributed by atoms with Gasteiger partial charge < -0.3 is 9.30 Å². The van der Waals surface area contributed by atoms with Crippen molar-refractivity contribution in [3.05, 3.63) is 66.9 Å². The Kier molecular flexibility index (Phi) is 3.46. The van der Waals surface area contributed by atoms with Gasteiger partial charge in [0, 0.05) is 23.5 Å². The number of hydrogen-bond acceptors (Lipinski definition) is 4. The minimum atomic E-state index is 0.658. The first kappa shape index (κ1) is 14.4. The van der Waals surface area contributed by atoms with Crippen molar-refractivity contribution in [3.8, 4) is 22.8 Å². The number of nitrogens with zero attached hydrogens (tertiary/aromatic N) is 4. The maximum Gasteiger partial charge on any atom is 0.163 e. The van der Waals surface area contributed by atoms with Crippen LogP contribution >= 0.6 is 0 Å². The van der Waals surface area contributed by atoms with Crippen molar-refractivity contribution >= 4 is 10.9 Å². The minimum Gasteiger partial charge on any atom is -0.496 e. The van der Waals surface area contributed by atoms with Gasteiger partial charge in [0.2, 0.25) is 0 Å². The first-order valence-electron chi connectivity index (χ1n) is 7.66. The molecular formula is C19H16N4O. The molecule has 2 heterocycles. The SMILES string of the molecule is COc1ccccc1-c1ncc2cc(-n3cnc(C)c3)ccc2n1. The van der Waals surface area contributed by atoms with Gasteiger partial charge in [-0.25, -0.2) is 15.0 Å². The van der Waals surface area contributed by atoms with Crippen LogP contribution in [0.4, 0.5) is 0 Å². The molecule has 24 heavy (non-hydrogen) atoms. The van der Waals surface area contributed by atoms with Crippen LogP contribution in [0.3, 0.4) is 0 Å². The molecule has 0 unspecified atom stereocenters. The predicted molar refractivity (Wildman–Crippen MR) is 93.4 cm³/mol.